The Morgan fingerprint density at radius 2 is 1.88 bits per heavy atom. The first kappa shape index (κ1) is 13.7. The largest absolute Gasteiger partial charge is 0.326 e. The maximum Gasteiger partial charge on any atom is 0.225 e. The SMILES string of the molecule is CCN(CC)CCC(=O)Nc1ccccc1C. The molecule has 1 N–H and O–H groups in total. The summed E-state index contributed by atoms with van der Waals surface area (Å²) in [6, 6.07) is 7.85. The molecule has 0 heterocycles. The van der Waals surface area contributed by atoms with E-state index in [1.165, 1.54) is 0 Å². The monoisotopic (exact) mass is 234 g/mol. The van der Waals surface area contributed by atoms with Gasteiger partial charge in [0.2, 0.25) is 5.91 Å². The molecule has 0 radical (unpaired) electrons. The van der Waals surface area contributed by atoms with Crippen LogP contribution in [-0.2, 0) is 4.79 Å². The second kappa shape index (κ2) is 7.07. The zero-order valence-corrected chi connectivity index (χ0v) is 11.0. The number of carbonyl (C=O) groups excluding carboxylic acids is 1. The number of para-hydroxylation sites is 1. The summed E-state index contributed by atoms with van der Waals surface area (Å²) in [6.07, 6.45) is 0.552. The van der Waals surface area contributed by atoms with Crippen LogP contribution in [-0.4, -0.2) is 30.4 Å². The molecule has 1 aromatic rings. The van der Waals surface area contributed by atoms with Crippen molar-refractivity contribution in [1.82, 2.24) is 4.90 Å². The Bertz CT molecular complexity index is 359. The predicted molar refractivity (Wildman–Crippen MR) is 72.2 cm³/mol. The van der Waals surface area contributed by atoms with E-state index < -0.39 is 0 Å². The van der Waals surface area contributed by atoms with E-state index in [0.29, 0.717) is 6.42 Å². The molecule has 0 saturated heterocycles. The van der Waals surface area contributed by atoms with Gasteiger partial charge in [0.1, 0.15) is 0 Å². The summed E-state index contributed by atoms with van der Waals surface area (Å²) >= 11 is 0. The molecule has 0 unspecified atom stereocenters. The van der Waals surface area contributed by atoms with Gasteiger partial charge in [0.15, 0.2) is 0 Å². The van der Waals surface area contributed by atoms with Crippen molar-refractivity contribution in [1.29, 1.82) is 0 Å². The highest BCUT2D eigenvalue weighted by atomic mass is 16.1. The number of nitrogens with one attached hydrogen (secondary N) is 1. The first-order valence-electron chi connectivity index (χ1n) is 6.25. The lowest BCUT2D eigenvalue weighted by Gasteiger charge is -2.17. The van der Waals surface area contributed by atoms with Crippen LogP contribution in [0, 0.1) is 6.92 Å². The van der Waals surface area contributed by atoms with E-state index in [0.717, 1.165) is 30.9 Å². The number of benzene rings is 1. The van der Waals surface area contributed by atoms with E-state index in [2.05, 4.69) is 24.1 Å². The minimum absolute atomic E-state index is 0.0891. The van der Waals surface area contributed by atoms with Crippen LogP contribution in [0.3, 0.4) is 0 Å². The fourth-order valence-corrected chi connectivity index (χ4v) is 1.73. The molecule has 0 aliphatic rings. The predicted octanol–water partition coefficient (Wildman–Crippen LogP) is 2.67. The molecule has 0 atom stereocenters. The summed E-state index contributed by atoms with van der Waals surface area (Å²) < 4.78 is 0. The number of nitrogens with zero attached hydrogens (tertiary/aromatic N) is 1. The smallest absolute Gasteiger partial charge is 0.225 e. The van der Waals surface area contributed by atoms with Crippen LogP contribution in [0.2, 0.25) is 0 Å². The maximum atomic E-state index is 11.8. The van der Waals surface area contributed by atoms with Crippen molar-refractivity contribution in [3.05, 3.63) is 29.8 Å². The van der Waals surface area contributed by atoms with Gasteiger partial charge in [-0.15, -0.1) is 0 Å². The molecule has 0 saturated carbocycles. The van der Waals surface area contributed by atoms with E-state index >= 15 is 0 Å². The maximum absolute atomic E-state index is 11.8. The minimum atomic E-state index is 0.0891. The molecule has 17 heavy (non-hydrogen) atoms. The Morgan fingerprint density at radius 3 is 2.47 bits per heavy atom. The lowest BCUT2D eigenvalue weighted by molar-refractivity contribution is -0.116. The lowest BCUT2D eigenvalue weighted by Crippen LogP contribution is -2.27. The highest BCUT2D eigenvalue weighted by Gasteiger charge is 2.06. The summed E-state index contributed by atoms with van der Waals surface area (Å²) in [5.74, 6) is 0.0891. The fourth-order valence-electron chi connectivity index (χ4n) is 1.73. The van der Waals surface area contributed by atoms with E-state index in [1.807, 2.05) is 31.2 Å². The minimum Gasteiger partial charge on any atom is -0.326 e. The Hall–Kier alpha value is -1.35. The van der Waals surface area contributed by atoms with Gasteiger partial charge in [0.25, 0.3) is 0 Å². The van der Waals surface area contributed by atoms with Gasteiger partial charge in [-0.05, 0) is 31.6 Å². The first-order valence-corrected chi connectivity index (χ1v) is 6.25. The summed E-state index contributed by atoms with van der Waals surface area (Å²) in [6.45, 7) is 9.04. The van der Waals surface area contributed by atoms with Crippen LogP contribution in [0.4, 0.5) is 5.69 Å². The molecule has 0 spiro atoms. The van der Waals surface area contributed by atoms with Crippen LogP contribution >= 0.6 is 0 Å². The zero-order chi connectivity index (χ0) is 12.7. The van der Waals surface area contributed by atoms with Crippen molar-refractivity contribution in [2.75, 3.05) is 25.0 Å². The molecular weight excluding hydrogens is 212 g/mol. The average molecular weight is 234 g/mol. The number of hydrogen-bond donors (Lipinski definition) is 1. The second-order valence-corrected chi connectivity index (χ2v) is 4.14. The van der Waals surface area contributed by atoms with E-state index in [1.54, 1.807) is 0 Å². The van der Waals surface area contributed by atoms with Crippen molar-refractivity contribution in [3.63, 3.8) is 0 Å². The van der Waals surface area contributed by atoms with Gasteiger partial charge < -0.3 is 10.2 Å². The Balaban J connectivity index is 2.42. The highest BCUT2D eigenvalue weighted by Crippen LogP contribution is 2.13. The van der Waals surface area contributed by atoms with E-state index in [9.17, 15) is 4.79 Å². The molecule has 1 amide bonds. The number of rotatable bonds is 6. The van der Waals surface area contributed by atoms with Crippen molar-refractivity contribution < 1.29 is 4.79 Å². The molecule has 0 aliphatic heterocycles. The van der Waals surface area contributed by atoms with Crippen molar-refractivity contribution in [2.24, 2.45) is 0 Å². The molecule has 0 aromatic heterocycles. The van der Waals surface area contributed by atoms with E-state index in [-0.39, 0.29) is 5.91 Å². The third-order valence-corrected chi connectivity index (χ3v) is 2.97. The average Bonchev–Trinajstić information content (AvgIpc) is 2.33. The van der Waals surface area contributed by atoms with Crippen molar-refractivity contribution >= 4 is 11.6 Å². The van der Waals surface area contributed by atoms with Gasteiger partial charge in [-0.25, -0.2) is 0 Å². The molecule has 1 rings (SSSR count). The molecule has 3 nitrogen and oxygen atoms in total. The van der Waals surface area contributed by atoms with Crippen LogP contribution < -0.4 is 5.32 Å². The Labute approximate surface area is 104 Å². The van der Waals surface area contributed by atoms with Gasteiger partial charge in [-0.3, -0.25) is 4.79 Å². The molecule has 0 fully saturated rings. The molecule has 1 aromatic carbocycles. The molecule has 94 valence electrons. The fraction of sp³-hybridized carbons (Fsp3) is 0.500. The van der Waals surface area contributed by atoms with Crippen LogP contribution in [0.15, 0.2) is 24.3 Å². The first-order chi connectivity index (χ1) is 8.17. The summed E-state index contributed by atoms with van der Waals surface area (Å²) in [4.78, 5) is 14.0. The normalized spacial score (nSPS) is 10.6. The van der Waals surface area contributed by atoms with Crippen LogP contribution in [0.25, 0.3) is 0 Å². The number of amides is 1. The molecule has 0 bridgehead atoms. The van der Waals surface area contributed by atoms with Gasteiger partial charge in [-0.2, -0.15) is 0 Å². The molecular formula is C14H22N2O. The van der Waals surface area contributed by atoms with Crippen molar-refractivity contribution in [2.45, 2.75) is 27.2 Å². The van der Waals surface area contributed by atoms with Crippen LogP contribution in [0.1, 0.15) is 25.8 Å². The standard InChI is InChI=1S/C14H22N2O/c1-4-16(5-2)11-10-14(17)15-13-9-7-6-8-12(13)3/h6-9H,4-5,10-11H2,1-3H3,(H,15,17). The topological polar surface area (TPSA) is 32.3 Å². The third-order valence-electron chi connectivity index (χ3n) is 2.97. The molecule has 0 aliphatic carbocycles. The van der Waals surface area contributed by atoms with Crippen LogP contribution in [0.5, 0.6) is 0 Å². The van der Waals surface area contributed by atoms with Gasteiger partial charge in [0.05, 0.1) is 0 Å². The number of hydrogen-bond acceptors (Lipinski definition) is 2. The lowest BCUT2D eigenvalue weighted by atomic mass is 10.2. The van der Waals surface area contributed by atoms with Gasteiger partial charge >= 0.3 is 0 Å². The summed E-state index contributed by atoms with van der Waals surface area (Å²) in [5.41, 5.74) is 2.01. The quantitative estimate of drug-likeness (QED) is 0.820. The zero-order valence-electron chi connectivity index (χ0n) is 11.0. The van der Waals surface area contributed by atoms with Crippen molar-refractivity contribution in [3.8, 4) is 0 Å². The number of anilines is 1. The van der Waals surface area contributed by atoms with E-state index in [4.69, 9.17) is 0 Å². The summed E-state index contributed by atoms with van der Waals surface area (Å²) in [7, 11) is 0. The summed E-state index contributed by atoms with van der Waals surface area (Å²) in [5, 5.41) is 2.95. The Kier molecular flexibility index (Phi) is 5.70. The number of aryl methyl sites for hydroxylation is 1. The van der Waals surface area contributed by atoms with Gasteiger partial charge in [-0.1, -0.05) is 32.0 Å². The molecule has 3 heteroatoms. The van der Waals surface area contributed by atoms with Gasteiger partial charge in [0, 0.05) is 18.7 Å². The second-order valence-electron chi connectivity index (χ2n) is 4.14. The highest BCUT2D eigenvalue weighted by molar-refractivity contribution is 5.91. The third kappa shape index (κ3) is 4.57. The number of carbonyl (C=O) groups is 1. The Morgan fingerprint density at radius 1 is 1.24 bits per heavy atom.